The molecule has 2 rings (SSSR count). The van der Waals surface area contributed by atoms with Crippen molar-refractivity contribution in [3.05, 3.63) is 53.1 Å². The zero-order valence-electron chi connectivity index (χ0n) is 12.2. The fourth-order valence-electron chi connectivity index (χ4n) is 2.43. The average Bonchev–Trinajstić information content (AvgIpc) is 2.40. The molecule has 1 nitrogen and oxygen atoms in total. The summed E-state index contributed by atoms with van der Waals surface area (Å²) in [6.07, 6.45) is 2.94. The lowest BCUT2D eigenvalue weighted by Crippen LogP contribution is -1.91. The van der Waals surface area contributed by atoms with Gasteiger partial charge in [-0.3, -0.25) is 4.99 Å². The van der Waals surface area contributed by atoms with Gasteiger partial charge in [-0.1, -0.05) is 37.3 Å². The van der Waals surface area contributed by atoms with Crippen LogP contribution in [-0.2, 0) is 0 Å². The molecule has 2 aromatic rings. The molecule has 0 aliphatic heterocycles. The van der Waals surface area contributed by atoms with Crippen LogP contribution in [0.1, 0.15) is 30.0 Å². The van der Waals surface area contributed by atoms with Crippen molar-refractivity contribution in [3.63, 3.8) is 0 Å². The molecule has 1 heteroatoms. The van der Waals surface area contributed by atoms with Gasteiger partial charge in [0.25, 0.3) is 0 Å². The molecule has 0 aliphatic carbocycles. The minimum Gasteiger partial charge on any atom is -0.261 e. The standard InChI is InChI=1S/C18H21N/c1-5-12-19-17-11-10-14(3)18(15(17)4)16-9-7-6-8-13(16)2/h6-12H,5H2,1-4H3. The van der Waals surface area contributed by atoms with Crippen molar-refractivity contribution in [2.75, 3.05) is 0 Å². The highest BCUT2D eigenvalue weighted by Gasteiger charge is 2.10. The summed E-state index contributed by atoms with van der Waals surface area (Å²) < 4.78 is 0. The lowest BCUT2D eigenvalue weighted by molar-refractivity contribution is 1.29. The van der Waals surface area contributed by atoms with E-state index in [1.54, 1.807) is 0 Å². The van der Waals surface area contributed by atoms with Crippen molar-refractivity contribution in [1.29, 1.82) is 0 Å². The van der Waals surface area contributed by atoms with E-state index in [0.717, 1.165) is 12.1 Å². The molecule has 0 aromatic heterocycles. The zero-order chi connectivity index (χ0) is 13.8. The third-order valence-electron chi connectivity index (χ3n) is 3.47. The van der Waals surface area contributed by atoms with Gasteiger partial charge in [0.1, 0.15) is 0 Å². The van der Waals surface area contributed by atoms with Crippen LogP contribution in [0.2, 0.25) is 0 Å². The lowest BCUT2D eigenvalue weighted by Gasteiger charge is -2.14. The van der Waals surface area contributed by atoms with Crippen molar-refractivity contribution in [2.45, 2.75) is 34.1 Å². The van der Waals surface area contributed by atoms with Crippen molar-refractivity contribution >= 4 is 11.9 Å². The van der Waals surface area contributed by atoms with E-state index in [1.807, 2.05) is 6.21 Å². The summed E-state index contributed by atoms with van der Waals surface area (Å²) in [6.45, 7) is 8.60. The minimum absolute atomic E-state index is 0.965. The van der Waals surface area contributed by atoms with Gasteiger partial charge in [-0.25, -0.2) is 0 Å². The lowest BCUT2D eigenvalue weighted by atomic mass is 9.92. The first-order valence-electron chi connectivity index (χ1n) is 6.84. The Bertz CT molecular complexity index is 609. The Hall–Kier alpha value is -1.89. The van der Waals surface area contributed by atoms with E-state index >= 15 is 0 Å². The van der Waals surface area contributed by atoms with Crippen LogP contribution in [0.15, 0.2) is 41.4 Å². The molecule has 0 amide bonds. The predicted molar refractivity (Wildman–Crippen MR) is 84.5 cm³/mol. The third-order valence-corrected chi connectivity index (χ3v) is 3.47. The molecule has 0 fully saturated rings. The second-order valence-corrected chi connectivity index (χ2v) is 4.94. The van der Waals surface area contributed by atoms with Crippen LogP contribution >= 0.6 is 0 Å². The average molecular weight is 251 g/mol. The Labute approximate surface area is 116 Å². The Morgan fingerprint density at radius 1 is 0.947 bits per heavy atom. The number of hydrogen-bond donors (Lipinski definition) is 0. The monoisotopic (exact) mass is 251 g/mol. The summed E-state index contributed by atoms with van der Waals surface area (Å²) in [5, 5.41) is 0. The van der Waals surface area contributed by atoms with Gasteiger partial charge in [-0.2, -0.15) is 0 Å². The highest BCUT2D eigenvalue weighted by Crippen LogP contribution is 2.34. The maximum Gasteiger partial charge on any atom is 0.0661 e. The largest absolute Gasteiger partial charge is 0.261 e. The summed E-state index contributed by atoms with van der Waals surface area (Å²) in [7, 11) is 0. The van der Waals surface area contributed by atoms with Gasteiger partial charge in [0.15, 0.2) is 0 Å². The normalized spacial score (nSPS) is 11.2. The molecule has 0 radical (unpaired) electrons. The first-order chi connectivity index (χ1) is 9.15. The Morgan fingerprint density at radius 2 is 1.68 bits per heavy atom. The molecule has 98 valence electrons. The molecule has 0 saturated heterocycles. The van der Waals surface area contributed by atoms with Crippen LogP contribution in [0, 0.1) is 20.8 Å². The van der Waals surface area contributed by atoms with E-state index in [9.17, 15) is 0 Å². The van der Waals surface area contributed by atoms with E-state index in [2.05, 4.69) is 69.1 Å². The topological polar surface area (TPSA) is 12.4 Å². The molecular weight excluding hydrogens is 230 g/mol. The molecular formula is C18H21N. The van der Waals surface area contributed by atoms with Crippen molar-refractivity contribution in [1.82, 2.24) is 0 Å². The van der Waals surface area contributed by atoms with Gasteiger partial charge < -0.3 is 0 Å². The van der Waals surface area contributed by atoms with Gasteiger partial charge in [0.2, 0.25) is 0 Å². The molecule has 0 aliphatic rings. The van der Waals surface area contributed by atoms with E-state index in [4.69, 9.17) is 0 Å². The second-order valence-electron chi connectivity index (χ2n) is 4.94. The van der Waals surface area contributed by atoms with Crippen molar-refractivity contribution < 1.29 is 0 Å². The van der Waals surface area contributed by atoms with Crippen LogP contribution in [0.25, 0.3) is 11.1 Å². The quantitative estimate of drug-likeness (QED) is 0.648. The SMILES string of the molecule is CCC=Nc1ccc(C)c(-c2ccccc2C)c1C. The summed E-state index contributed by atoms with van der Waals surface area (Å²) in [4.78, 5) is 4.56. The van der Waals surface area contributed by atoms with Gasteiger partial charge >= 0.3 is 0 Å². The van der Waals surface area contributed by atoms with Crippen molar-refractivity contribution in [3.8, 4) is 11.1 Å². The first-order valence-corrected chi connectivity index (χ1v) is 6.84. The van der Waals surface area contributed by atoms with Crippen LogP contribution in [0.3, 0.4) is 0 Å². The van der Waals surface area contributed by atoms with E-state index < -0.39 is 0 Å². The first kappa shape index (κ1) is 13.5. The number of rotatable bonds is 3. The fourth-order valence-corrected chi connectivity index (χ4v) is 2.43. The molecule has 0 N–H and O–H groups in total. The fraction of sp³-hybridized carbons (Fsp3) is 0.278. The number of hydrogen-bond acceptors (Lipinski definition) is 1. The number of benzene rings is 2. The zero-order valence-corrected chi connectivity index (χ0v) is 12.2. The predicted octanol–water partition coefficient (Wildman–Crippen LogP) is 5.39. The Morgan fingerprint density at radius 3 is 2.37 bits per heavy atom. The molecule has 0 atom stereocenters. The van der Waals surface area contributed by atoms with Crippen LogP contribution in [0.4, 0.5) is 5.69 Å². The molecule has 0 spiro atoms. The molecule has 0 unspecified atom stereocenters. The Balaban J connectivity index is 2.63. The highest BCUT2D eigenvalue weighted by molar-refractivity contribution is 5.79. The van der Waals surface area contributed by atoms with Crippen LogP contribution in [0.5, 0.6) is 0 Å². The maximum atomic E-state index is 4.56. The van der Waals surface area contributed by atoms with Crippen molar-refractivity contribution in [2.24, 2.45) is 4.99 Å². The van der Waals surface area contributed by atoms with Gasteiger partial charge in [-0.15, -0.1) is 0 Å². The number of aryl methyl sites for hydroxylation is 2. The second kappa shape index (κ2) is 5.83. The summed E-state index contributed by atoms with van der Waals surface area (Å²) in [5.74, 6) is 0. The maximum absolute atomic E-state index is 4.56. The van der Waals surface area contributed by atoms with Gasteiger partial charge in [-0.05, 0) is 61.1 Å². The summed E-state index contributed by atoms with van der Waals surface area (Å²) in [6, 6.07) is 12.8. The number of nitrogens with zero attached hydrogens (tertiary/aromatic N) is 1. The van der Waals surface area contributed by atoms with Gasteiger partial charge in [0, 0.05) is 6.21 Å². The van der Waals surface area contributed by atoms with Crippen LogP contribution in [-0.4, -0.2) is 6.21 Å². The smallest absolute Gasteiger partial charge is 0.0661 e. The number of aliphatic imine (C=N–C) groups is 1. The van der Waals surface area contributed by atoms with E-state index in [0.29, 0.717) is 0 Å². The van der Waals surface area contributed by atoms with E-state index in [1.165, 1.54) is 27.8 Å². The summed E-state index contributed by atoms with van der Waals surface area (Å²) in [5.41, 5.74) is 7.59. The van der Waals surface area contributed by atoms with Gasteiger partial charge in [0.05, 0.1) is 5.69 Å². The van der Waals surface area contributed by atoms with Crippen LogP contribution < -0.4 is 0 Å². The molecule has 0 saturated carbocycles. The Kier molecular flexibility index (Phi) is 4.16. The minimum atomic E-state index is 0.965. The molecule has 0 bridgehead atoms. The molecule has 0 heterocycles. The molecule has 19 heavy (non-hydrogen) atoms. The molecule has 2 aromatic carbocycles. The van der Waals surface area contributed by atoms with E-state index in [-0.39, 0.29) is 0 Å². The highest BCUT2D eigenvalue weighted by atomic mass is 14.7. The summed E-state index contributed by atoms with van der Waals surface area (Å²) >= 11 is 0. The third kappa shape index (κ3) is 2.76.